The number of hydrogen-bond acceptors (Lipinski definition) is 3. The smallest absolute Gasteiger partial charge is 0.240 e. The zero-order valence-corrected chi connectivity index (χ0v) is 10.3. The van der Waals surface area contributed by atoms with Gasteiger partial charge in [0.25, 0.3) is 0 Å². The van der Waals surface area contributed by atoms with Crippen LogP contribution in [0.3, 0.4) is 0 Å². The van der Waals surface area contributed by atoms with E-state index < -0.39 is 11.4 Å². The molecule has 0 saturated heterocycles. The van der Waals surface area contributed by atoms with Crippen molar-refractivity contribution >= 4 is 5.91 Å². The van der Waals surface area contributed by atoms with Crippen molar-refractivity contribution < 1.29 is 13.9 Å². The fourth-order valence-electron chi connectivity index (χ4n) is 1.65. The molecule has 0 bridgehead atoms. The second kappa shape index (κ2) is 4.94. The quantitative estimate of drug-likeness (QED) is 0.831. The summed E-state index contributed by atoms with van der Waals surface area (Å²) < 4.78 is 18.6. The van der Waals surface area contributed by atoms with Gasteiger partial charge in [0.15, 0.2) is 11.6 Å². The minimum absolute atomic E-state index is 0.170. The SMILES string of the molecule is CCOc1ccc(CNC(=O)C2(N)CC2)cc1F. The van der Waals surface area contributed by atoms with Gasteiger partial charge in [-0.05, 0) is 37.5 Å². The molecular formula is C13H17FN2O2. The van der Waals surface area contributed by atoms with Gasteiger partial charge in [0.1, 0.15) is 0 Å². The van der Waals surface area contributed by atoms with E-state index in [1.54, 1.807) is 19.1 Å². The number of carbonyl (C=O) groups excluding carboxylic acids is 1. The van der Waals surface area contributed by atoms with E-state index in [1.165, 1.54) is 6.07 Å². The third kappa shape index (κ3) is 2.79. The van der Waals surface area contributed by atoms with Crippen LogP contribution in [0.2, 0.25) is 0 Å². The van der Waals surface area contributed by atoms with E-state index in [4.69, 9.17) is 10.5 Å². The molecule has 2 rings (SSSR count). The van der Waals surface area contributed by atoms with Gasteiger partial charge in [-0.25, -0.2) is 4.39 Å². The normalized spacial score (nSPS) is 16.2. The molecule has 0 atom stereocenters. The van der Waals surface area contributed by atoms with E-state index in [1.807, 2.05) is 0 Å². The van der Waals surface area contributed by atoms with Crippen LogP contribution in [-0.4, -0.2) is 18.1 Å². The third-order valence-electron chi connectivity index (χ3n) is 2.99. The maximum absolute atomic E-state index is 13.5. The number of rotatable bonds is 5. The number of benzene rings is 1. The highest BCUT2D eigenvalue weighted by Crippen LogP contribution is 2.32. The third-order valence-corrected chi connectivity index (χ3v) is 2.99. The van der Waals surface area contributed by atoms with E-state index in [0.29, 0.717) is 12.2 Å². The highest BCUT2D eigenvalue weighted by atomic mass is 19.1. The molecule has 1 aromatic rings. The van der Waals surface area contributed by atoms with Crippen LogP contribution in [0.4, 0.5) is 4.39 Å². The molecule has 0 unspecified atom stereocenters. The van der Waals surface area contributed by atoms with Gasteiger partial charge in [-0.15, -0.1) is 0 Å². The summed E-state index contributed by atoms with van der Waals surface area (Å²) in [7, 11) is 0. The highest BCUT2D eigenvalue weighted by molar-refractivity contribution is 5.88. The minimum atomic E-state index is -0.691. The molecule has 0 heterocycles. The lowest BCUT2D eigenvalue weighted by Crippen LogP contribution is -2.42. The lowest BCUT2D eigenvalue weighted by molar-refractivity contribution is -0.123. The van der Waals surface area contributed by atoms with Crippen molar-refractivity contribution in [1.82, 2.24) is 5.32 Å². The maximum atomic E-state index is 13.5. The van der Waals surface area contributed by atoms with Crippen LogP contribution in [0.5, 0.6) is 5.75 Å². The van der Waals surface area contributed by atoms with Crippen LogP contribution < -0.4 is 15.8 Å². The van der Waals surface area contributed by atoms with Gasteiger partial charge in [0, 0.05) is 6.54 Å². The van der Waals surface area contributed by atoms with Gasteiger partial charge in [-0.2, -0.15) is 0 Å². The number of hydrogen-bond donors (Lipinski definition) is 2. The first-order valence-corrected chi connectivity index (χ1v) is 6.03. The standard InChI is InChI=1S/C13H17FN2O2/c1-2-18-11-4-3-9(7-10(11)14)8-16-12(17)13(15)5-6-13/h3-4,7H,2,5-6,8,15H2,1H3,(H,16,17). The van der Waals surface area contributed by atoms with Crippen LogP contribution in [0.1, 0.15) is 25.3 Å². The van der Waals surface area contributed by atoms with Gasteiger partial charge < -0.3 is 15.8 Å². The van der Waals surface area contributed by atoms with Gasteiger partial charge in [0.05, 0.1) is 12.1 Å². The number of ether oxygens (including phenoxy) is 1. The fourth-order valence-corrected chi connectivity index (χ4v) is 1.65. The number of amides is 1. The molecule has 1 aliphatic rings. The number of nitrogens with two attached hydrogens (primary N) is 1. The summed E-state index contributed by atoms with van der Waals surface area (Å²) in [4.78, 5) is 11.6. The molecule has 1 aromatic carbocycles. The first-order chi connectivity index (χ1) is 8.55. The summed E-state index contributed by atoms with van der Waals surface area (Å²) >= 11 is 0. The molecule has 98 valence electrons. The molecule has 5 heteroatoms. The van der Waals surface area contributed by atoms with Crippen LogP contribution in [0.15, 0.2) is 18.2 Å². The molecule has 1 saturated carbocycles. The van der Waals surface area contributed by atoms with Crippen molar-refractivity contribution in [3.8, 4) is 5.75 Å². The van der Waals surface area contributed by atoms with Crippen molar-refractivity contribution in [2.24, 2.45) is 5.73 Å². The second-order valence-corrected chi connectivity index (χ2v) is 4.54. The van der Waals surface area contributed by atoms with Crippen LogP contribution in [0.25, 0.3) is 0 Å². The number of halogens is 1. The van der Waals surface area contributed by atoms with Crippen LogP contribution >= 0.6 is 0 Å². The average molecular weight is 252 g/mol. The molecule has 1 fully saturated rings. The summed E-state index contributed by atoms with van der Waals surface area (Å²) in [6.07, 6.45) is 1.44. The predicted octanol–water partition coefficient (Wildman–Crippen LogP) is 1.33. The molecule has 1 aliphatic carbocycles. The Kier molecular flexibility index (Phi) is 3.52. The predicted molar refractivity (Wildman–Crippen MR) is 65.6 cm³/mol. The lowest BCUT2D eigenvalue weighted by Gasteiger charge is -2.11. The summed E-state index contributed by atoms with van der Waals surface area (Å²) in [5, 5.41) is 2.71. The van der Waals surface area contributed by atoms with Gasteiger partial charge in [-0.3, -0.25) is 4.79 Å². The van der Waals surface area contributed by atoms with Gasteiger partial charge >= 0.3 is 0 Å². The molecule has 1 amide bonds. The van der Waals surface area contributed by atoms with Crippen molar-refractivity contribution in [2.75, 3.05) is 6.61 Å². The van der Waals surface area contributed by atoms with E-state index in [-0.39, 0.29) is 18.2 Å². The number of nitrogens with one attached hydrogen (secondary N) is 1. The molecule has 0 radical (unpaired) electrons. The van der Waals surface area contributed by atoms with Gasteiger partial charge in [-0.1, -0.05) is 6.07 Å². The van der Waals surface area contributed by atoms with Crippen molar-refractivity contribution in [1.29, 1.82) is 0 Å². The van der Waals surface area contributed by atoms with Gasteiger partial charge in [0.2, 0.25) is 5.91 Å². The zero-order chi connectivity index (χ0) is 13.2. The minimum Gasteiger partial charge on any atom is -0.491 e. The monoisotopic (exact) mass is 252 g/mol. The molecule has 0 spiro atoms. The first-order valence-electron chi connectivity index (χ1n) is 6.03. The fraction of sp³-hybridized carbons (Fsp3) is 0.462. The van der Waals surface area contributed by atoms with Crippen molar-refractivity contribution in [3.63, 3.8) is 0 Å². The summed E-state index contributed by atoms with van der Waals surface area (Å²) in [6, 6.07) is 4.65. The van der Waals surface area contributed by atoms with Crippen LogP contribution in [-0.2, 0) is 11.3 Å². The lowest BCUT2D eigenvalue weighted by atomic mass is 10.2. The largest absolute Gasteiger partial charge is 0.491 e. The molecule has 0 aliphatic heterocycles. The molecule has 3 N–H and O–H groups in total. The first kappa shape index (κ1) is 12.8. The van der Waals surface area contributed by atoms with E-state index in [2.05, 4.69) is 5.32 Å². The van der Waals surface area contributed by atoms with Crippen molar-refractivity contribution in [2.45, 2.75) is 31.8 Å². The summed E-state index contributed by atoms with van der Waals surface area (Å²) in [5.41, 5.74) is 5.74. The molecular weight excluding hydrogens is 235 g/mol. The Morgan fingerprint density at radius 3 is 2.83 bits per heavy atom. The Bertz CT molecular complexity index is 458. The summed E-state index contributed by atoms with van der Waals surface area (Å²) in [6.45, 7) is 2.49. The van der Waals surface area contributed by atoms with E-state index >= 15 is 0 Å². The average Bonchev–Trinajstić information content (AvgIpc) is 3.09. The Hall–Kier alpha value is -1.62. The Morgan fingerprint density at radius 2 is 2.28 bits per heavy atom. The highest BCUT2D eigenvalue weighted by Gasteiger charge is 2.45. The Morgan fingerprint density at radius 1 is 1.56 bits per heavy atom. The zero-order valence-electron chi connectivity index (χ0n) is 10.3. The van der Waals surface area contributed by atoms with Crippen molar-refractivity contribution in [3.05, 3.63) is 29.6 Å². The van der Waals surface area contributed by atoms with E-state index in [9.17, 15) is 9.18 Å². The molecule has 18 heavy (non-hydrogen) atoms. The molecule has 0 aromatic heterocycles. The maximum Gasteiger partial charge on any atom is 0.240 e. The van der Waals surface area contributed by atoms with Crippen LogP contribution in [0, 0.1) is 5.82 Å². The van der Waals surface area contributed by atoms with E-state index in [0.717, 1.165) is 12.8 Å². The second-order valence-electron chi connectivity index (χ2n) is 4.54. The summed E-state index contributed by atoms with van der Waals surface area (Å²) in [5.74, 6) is -0.362. The Labute approximate surface area is 105 Å². The Balaban J connectivity index is 1.93. The number of carbonyl (C=O) groups is 1. The topological polar surface area (TPSA) is 64.3 Å². The molecule has 4 nitrogen and oxygen atoms in total.